The average molecular weight is 685 g/mol. The van der Waals surface area contributed by atoms with Crippen LogP contribution in [0, 0.1) is 0 Å². The van der Waals surface area contributed by atoms with Gasteiger partial charge in [-0.25, -0.2) is 0 Å². The van der Waals surface area contributed by atoms with Crippen LogP contribution in [0.4, 0.5) is 11.4 Å². The molecule has 0 aliphatic heterocycles. The summed E-state index contributed by atoms with van der Waals surface area (Å²) in [7, 11) is 6.19. The zero-order valence-electron chi connectivity index (χ0n) is 29.8. The van der Waals surface area contributed by atoms with Gasteiger partial charge in [0.05, 0.1) is 6.61 Å². The molecule has 2 aliphatic carbocycles. The topological polar surface area (TPSA) is 70.1 Å². The van der Waals surface area contributed by atoms with E-state index in [1.54, 1.807) is 0 Å². The van der Waals surface area contributed by atoms with Crippen LogP contribution in [-0.4, -0.2) is 66.4 Å². The van der Waals surface area contributed by atoms with Crippen LogP contribution in [-0.2, 0) is 30.1 Å². The van der Waals surface area contributed by atoms with E-state index < -0.39 is 14.9 Å². The molecule has 4 aromatic rings. The molecule has 7 heteroatoms. The third-order valence-corrected chi connectivity index (χ3v) is 15.0. The lowest BCUT2D eigenvalue weighted by Crippen LogP contribution is -2.42. The number of Topliss-reactive ketones (excluding diaryl/α,β-unsaturated/α-hetero) is 2. The number of hydrogen-bond acceptors (Lipinski definition) is 6. The molecule has 0 atom stereocenters. The van der Waals surface area contributed by atoms with Gasteiger partial charge in [-0.05, 0) is 114 Å². The molecule has 6 nitrogen and oxygen atoms in total. The quantitative estimate of drug-likeness (QED) is 0.147. The number of aliphatic hydroxyl groups is 1. The molecular weight excluding hydrogens is 625 g/mol. The Bertz CT molecular complexity index is 1840. The molecule has 0 amide bonds. The van der Waals surface area contributed by atoms with E-state index in [2.05, 4.69) is 94.2 Å². The van der Waals surface area contributed by atoms with Crippen molar-refractivity contribution < 1.29 is 19.1 Å². The summed E-state index contributed by atoms with van der Waals surface area (Å²) in [5, 5.41) is 13.7. The van der Waals surface area contributed by atoms with Gasteiger partial charge in [-0.2, -0.15) is 0 Å². The van der Waals surface area contributed by atoms with Gasteiger partial charge in [0.1, 0.15) is 6.61 Å². The third kappa shape index (κ3) is 7.79. The Kier molecular flexibility index (Phi) is 12.7. The van der Waals surface area contributed by atoms with Gasteiger partial charge in [0.15, 0.2) is 19.9 Å². The fourth-order valence-electron chi connectivity index (χ4n) is 6.97. The van der Waals surface area contributed by atoms with Crippen LogP contribution in [0.15, 0.2) is 48.5 Å². The fourth-order valence-corrected chi connectivity index (χ4v) is 7.90. The maximum Gasteiger partial charge on any atom is 0.192 e. The van der Waals surface area contributed by atoms with E-state index in [4.69, 9.17) is 4.43 Å². The molecule has 0 bridgehead atoms. The number of ketones is 2. The van der Waals surface area contributed by atoms with Crippen molar-refractivity contribution in [3.8, 4) is 0 Å². The highest BCUT2D eigenvalue weighted by molar-refractivity contribution is 6.74. The van der Waals surface area contributed by atoms with Crippen molar-refractivity contribution in [2.75, 3.05) is 51.2 Å². The first-order valence-electron chi connectivity index (χ1n) is 17.0. The first-order chi connectivity index (χ1) is 22.2. The number of aryl methyl sites for hydroxylation is 2. The number of rotatable bonds is 8. The lowest BCUT2D eigenvalue weighted by Gasteiger charge is -2.36. The number of fused-ring (bicyclic) bond motifs is 4. The second-order valence-corrected chi connectivity index (χ2v) is 19.9. The number of nitrogens with zero attached hydrogens (tertiary/aromatic N) is 2. The van der Waals surface area contributed by atoms with Gasteiger partial charge in [0.2, 0.25) is 0 Å². The van der Waals surface area contributed by atoms with Gasteiger partial charge >= 0.3 is 0 Å². The molecule has 1 N–H and O–H groups in total. The molecule has 0 saturated heterocycles. The predicted octanol–water partition coefficient (Wildman–Crippen LogP) is 9.44. The van der Waals surface area contributed by atoms with Crippen molar-refractivity contribution in [1.82, 2.24) is 0 Å². The predicted molar refractivity (Wildman–Crippen MR) is 213 cm³/mol. The summed E-state index contributed by atoms with van der Waals surface area (Å²) in [5.74, 6) is -0.0239. The molecule has 0 saturated carbocycles. The summed E-state index contributed by atoms with van der Waals surface area (Å²) in [5.41, 5.74) is 8.93. The van der Waals surface area contributed by atoms with Crippen LogP contribution in [0.5, 0.6) is 0 Å². The molecule has 0 spiro atoms. The Labute approximate surface area is 296 Å². The summed E-state index contributed by atoms with van der Waals surface area (Å²) >= 11 is 0. The SMILES string of the molecule is C.C.CN(C)c1cccc2c(C(=O)CO)c3c(cc12)CCC3.CN(C)c1cccc2c(C(=O)CO[Si](C)(C)C(C)(C)C)c3c(cc12)CCC3. The number of aliphatic hydroxyl groups excluding tert-OH is 1. The fraction of sp³-hybridized carbons (Fsp3) is 0.476. The van der Waals surface area contributed by atoms with Crippen molar-refractivity contribution in [3.63, 3.8) is 0 Å². The largest absolute Gasteiger partial charge is 0.409 e. The Morgan fingerprint density at radius 3 is 1.53 bits per heavy atom. The van der Waals surface area contributed by atoms with E-state index in [9.17, 15) is 14.7 Å². The van der Waals surface area contributed by atoms with Crippen LogP contribution in [0.25, 0.3) is 21.5 Å². The maximum absolute atomic E-state index is 13.4. The first kappa shape index (κ1) is 39.9. The van der Waals surface area contributed by atoms with Crippen LogP contribution < -0.4 is 9.80 Å². The molecule has 2 aliphatic rings. The molecule has 266 valence electrons. The van der Waals surface area contributed by atoms with Gasteiger partial charge in [0.25, 0.3) is 0 Å². The van der Waals surface area contributed by atoms with Gasteiger partial charge in [0, 0.05) is 61.5 Å². The van der Waals surface area contributed by atoms with Gasteiger partial charge in [-0.1, -0.05) is 59.9 Å². The van der Waals surface area contributed by atoms with Crippen LogP contribution in [0.1, 0.15) is 91.4 Å². The normalized spacial score (nSPS) is 13.5. The average Bonchev–Trinajstić information content (AvgIpc) is 3.69. The minimum absolute atomic E-state index is 0. The highest BCUT2D eigenvalue weighted by Gasteiger charge is 2.38. The lowest BCUT2D eigenvalue weighted by molar-refractivity contribution is 0.0901. The Balaban J connectivity index is 0.000000265. The Hall–Kier alpha value is -3.52. The minimum Gasteiger partial charge on any atom is -0.409 e. The summed E-state index contributed by atoms with van der Waals surface area (Å²) in [6.45, 7) is 10.8. The van der Waals surface area contributed by atoms with Crippen molar-refractivity contribution in [2.45, 2.75) is 92.3 Å². The zero-order chi connectivity index (χ0) is 34.3. The van der Waals surface area contributed by atoms with E-state index in [1.807, 2.05) is 26.2 Å². The Morgan fingerprint density at radius 1 is 0.714 bits per heavy atom. The Morgan fingerprint density at radius 2 is 1.14 bits per heavy atom. The highest BCUT2D eigenvalue weighted by Crippen LogP contribution is 2.39. The van der Waals surface area contributed by atoms with E-state index in [0.717, 1.165) is 77.1 Å². The first-order valence-corrected chi connectivity index (χ1v) is 19.9. The van der Waals surface area contributed by atoms with Crippen molar-refractivity contribution in [2.24, 2.45) is 0 Å². The van der Waals surface area contributed by atoms with E-state index in [-0.39, 0.29) is 38.1 Å². The van der Waals surface area contributed by atoms with Crippen molar-refractivity contribution in [1.29, 1.82) is 0 Å². The van der Waals surface area contributed by atoms with Crippen molar-refractivity contribution in [3.05, 3.63) is 81.9 Å². The number of anilines is 2. The van der Waals surface area contributed by atoms with Gasteiger partial charge < -0.3 is 19.3 Å². The summed E-state index contributed by atoms with van der Waals surface area (Å²) in [6.07, 6.45) is 6.26. The van der Waals surface area contributed by atoms with Crippen LogP contribution >= 0.6 is 0 Å². The smallest absolute Gasteiger partial charge is 0.192 e. The molecule has 0 heterocycles. The second-order valence-electron chi connectivity index (χ2n) is 15.1. The molecule has 6 rings (SSSR count). The molecule has 0 radical (unpaired) electrons. The number of benzene rings is 4. The molecule has 4 aromatic carbocycles. The van der Waals surface area contributed by atoms with Gasteiger partial charge in [-0.15, -0.1) is 0 Å². The summed E-state index contributed by atoms with van der Waals surface area (Å²) in [6, 6.07) is 16.8. The van der Waals surface area contributed by atoms with E-state index >= 15 is 0 Å². The second kappa shape index (κ2) is 15.6. The van der Waals surface area contributed by atoms with Crippen LogP contribution in [0.3, 0.4) is 0 Å². The standard InChI is InChI=1S/C23H33NO2Si.C17H19NO2.2CH4/c1-23(2,3)27(6,7)26-15-21(25)22-17-11-8-10-16(17)14-19-18(22)12-9-13-20(19)24(4)5;1-18(2)15-8-4-7-13-14(15)9-11-5-3-6-12(11)17(13)16(20)10-19;;/h9,12-14H,8,10-11,15H2,1-7H3;4,7-9,19H,3,5-6,10H2,1-2H3;2*1H4. The van der Waals surface area contributed by atoms with Gasteiger partial charge in [-0.3, -0.25) is 9.59 Å². The highest BCUT2D eigenvalue weighted by atomic mass is 28.4. The third-order valence-electron chi connectivity index (χ3n) is 10.5. The lowest BCUT2D eigenvalue weighted by atomic mass is 9.92. The molecule has 49 heavy (non-hydrogen) atoms. The zero-order valence-corrected chi connectivity index (χ0v) is 30.8. The summed E-state index contributed by atoms with van der Waals surface area (Å²) in [4.78, 5) is 29.8. The maximum atomic E-state index is 13.4. The van der Waals surface area contributed by atoms with Crippen LogP contribution in [0.2, 0.25) is 18.1 Å². The number of carbonyl (C=O) groups is 2. The summed E-state index contributed by atoms with van der Waals surface area (Å²) < 4.78 is 6.28. The number of hydrogen-bond donors (Lipinski definition) is 1. The monoisotopic (exact) mass is 684 g/mol. The van der Waals surface area contributed by atoms with Crippen molar-refractivity contribution >= 4 is 52.8 Å². The molecule has 0 aromatic heterocycles. The molecule has 0 fully saturated rings. The minimum atomic E-state index is -1.95. The van der Waals surface area contributed by atoms with E-state index in [0.29, 0.717) is 0 Å². The number of carbonyl (C=O) groups excluding carboxylic acids is 2. The molecule has 0 unspecified atom stereocenters. The van der Waals surface area contributed by atoms with E-state index in [1.165, 1.54) is 27.8 Å². The molecular formula is C42H60N2O4Si.